The molecular formula is C5H7ClO3. The zero-order valence-corrected chi connectivity index (χ0v) is 5.47. The highest BCUT2D eigenvalue weighted by Gasteiger charge is 2.07. The van der Waals surface area contributed by atoms with Gasteiger partial charge in [-0.3, -0.25) is 4.79 Å². The molecule has 1 N–H and O–H groups in total. The number of carbonyl (C=O) groups is 2. The van der Waals surface area contributed by atoms with Gasteiger partial charge in [0.1, 0.15) is 6.29 Å². The number of carboxylic acid groups (broad SMARTS) is 1. The van der Waals surface area contributed by atoms with Crippen LogP contribution < -0.4 is 0 Å². The molecule has 0 aromatic rings. The zero-order chi connectivity index (χ0) is 7.28. The van der Waals surface area contributed by atoms with Crippen molar-refractivity contribution in [2.45, 2.75) is 18.2 Å². The summed E-state index contributed by atoms with van der Waals surface area (Å²) in [6.07, 6.45) is 0.564. The van der Waals surface area contributed by atoms with Crippen LogP contribution in [-0.4, -0.2) is 22.7 Å². The molecule has 0 fully saturated rings. The van der Waals surface area contributed by atoms with E-state index in [0.29, 0.717) is 6.29 Å². The lowest BCUT2D eigenvalue weighted by Crippen LogP contribution is -2.06. The molecule has 0 aliphatic heterocycles. The number of halogens is 1. The number of hydrogen-bond acceptors (Lipinski definition) is 2. The van der Waals surface area contributed by atoms with Crippen LogP contribution in [0, 0.1) is 0 Å². The van der Waals surface area contributed by atoms with Gasteiger partial charge in [-0.25, -0.2) is 0 Å². The Hall–Kier alpha value is -0.570. The first-order valence-electron chi connectivity index (χ1n) is 2.46. The topological polar surface area (TPSA) is 54.4 Å². The van der Waals surface area contributed by atoms with Gasteiger partial charge in [0.05, 0.1) is 11.8 Å². The van der Waals surface area contributed by atoms with E-state index in [9.17, 15) is 9.59 Å². The molecule has 52 valence electrons. The summed E-state index contributed by atoms with van der Waals surface area (Å²) in [5.74, 6) is -0.975. The second-order valence-corrected chi connectivity index (χ2v) is 2.21. The highest BCUT2D eigenvalue weighted by Crippen LogP contribution is 2.04. The fraction of sp³-hybridized carbons (Fsp3) is 0.600. The van der Waals surface area contributed by atoms with Gasteiger partial charge in [-0.15, -0.1) is 11.6 Å². The third-order valence-electron chi connectivity index (χ3n) is 0.748. The third-order valence-corrected chi connectivity index (χ3v) is 1.08. The smallest absolute Gasteiger partial charge is 0.304 e. The zero-order valence-electron chi connectivity index (χ0n) is 4.71. The largest absolute Gasteiger partial charge is 0.481 e. The Balaban J connectivity index is 3.37. The molecule has 0 aromatic carbocycles. The van der Waals surface area contributed by atoms with E-state index in [0.717, 1.165) is 0 Å². The predicted octanol–water partition coefficient (Wildman–Crippen LogP) is 0.657. The van der Waals surface area contributed by atoms with Crippen LogP contribution in [0.1, 0.15) is 12.8 Å². The van der Waals surface area contributed by atoms with Crippen LogP contribution >= 0.6 is 11.6 Å². The van der Waals surface area contributed by atoms with Gasteiger partial charge in [0.25, 0.3) is 0 Å². The summed E-state index contributed by atoms with van der Waals surface area (Å²) in [5.41, 5.74) is 0. The Morgan fingerprint density at radius 2 is 2.33 bits per heavy atom. The fourth-order valence-corrected chi connectivity index (χ4v) is 0.582. The van der Waals surface area contributed by atoms with Gasteiger partial charge in [0, 0.05) is 6.42 Å². The maximum absolute atomic E-state index is 9.88. The molecule has 0 heterocycles. The Kier molecular flexibility index (Phi) is 4.05. The van der Waals surface area contributed by atoms with Crippen molar-refractivity contribution in [3.63, 3.8) is 0 Å². The monoisotopic (exact) mass is 150 g/mol. The number of alkyl halides is 1. The lowest BCUT2D eigenvalue weighted by molar-refractivity contribution is -0.137. The van der Waals surface area contributed by atoms with E-state index in [2.05, 4.69) is 0 Å². The molecular weight excluding hydrogens is 144 g/mol. The predicted molar refractivity (Wildman–Crippen MR) is 32.6 cm³/mol. The van der Waals surface area contributed by atoms with Crippen LogP contribution in [0.25, 0.3) is 0 Å². The first-order valence-corrected chi connectivity index (χ1v) is 2.90. The molecule has 1 unspecified atom stereocenters. The van der Waals surface area contributed by atoms with Crippen molar-refractivity contribution in [3.05, 3.63) is 0 Å². The van der Waals surface area contributed by atoms with Gasteiger partial charge in [-0.05, 0) is 0 Å². The van der Waals surface area contributed by atoms with Crippen molar-refractivity contribution in [3.8, 4) is 0 Å². The quantitative estimate of drug-likeness (QED) is 0.473. The van der Waals surface area contributed by atoms with Crippen LogP contribution in [0.3, 0.4) is 0 Å². The Morgan fingerprint density at radius 3 is 2.67 bits per heavy atom. The van der Waals surface area contributed by atoms with Gasteiger partial charge in [-0.2, -0.15) is 0 Å². The standard InChI is InChI=1S/C5H7ClO3/c6-4(1-2-7)3-5(8)9/h2,4H,1,3H2,(H,8,9). The highest BCUT2D eigenvalue weighted by molar-refractivity contribution is 6.22. The summed E-state index contributed by atoms with van der Waals surface area (Å²) in [6.45, 7) is 0. The number of carbonyl (C=O) groups excluding carboxylic acids is 1. The second-order valence-electron chi connectivity index (χ2n) is 1.60. The van der Waals surface area contributed by atoms with Gasteiger partial charge < -0.3 is 9.90 Å². The van der Waals surface area contributed by atoms with E-state index in [-0.39, 0.29) is 12.8 Å². The van der Waals surface area contributed by atoms with E-state index >= 15 is 0 Å². The van der Waals surface area contributed by atoms with Gasteiger partial charge in [-0.1, -0.05) is 0 Å². The molecule has 1 atom stereocenters. The van der Waals surface area contributed by atoms with Gasteiger partial charge in [0.15, 0.2) is 0 Å². The van der Waals surface area contributed by atoms with Crippen molar-refractivity contribution in [2.75, 3.05) is 0 Å². The summed E-state index contributed by atoms with van der Waals surface area (Å²) in [7, 11) is 0. The van der Waals surface area contributed by atoms with Crippen LogP contribution in [0.2, 0.25) is 0 Å². The molecule has 0 spiro atoms. The Morgan fingerprint density at radius 1 is 1.78 bits per heavy atom. The number of rotatable bonds is 4. The Bertz CT molecular complexity index is 113. The highest BCUT2D eigenvalue weighted by atomic mass is 35.5. The molecule has 0 radical (unpaired) electrons. The molecule has 0 aliphatic rings. The second kappa shape index (κ2) is 4.32. The molecule has 0 bridgehead atoms. The molecule has 0 aliphatic carbocycles. The van der Waals surface area contributed by atoms with Crippen molar-refractivity contribution < 1.29 is 14.7 Å². The molecule has 0 aromatic heterocycles. The van der Waals surface area contributed by atoms with E-state index in [1.165, 1.54) is 0 Å². The number of carboxylic acids is 1. The minimum atomic E-state index is -0.975. The van der Waals surface area contributed by atoms with E-state index in [1.807, 2.05) is 0 Å². The van der Waals surface area contributed by atoms with Crippen LogP contribution in [0.15, 0.2) is 0 Å². The van der Waals surface area contributed by atoms with Crippen LogP contribution in [0.4, 0.5) is 0 Å². The molecule has 0 saturated heterocycles. The first kappa shape index (κ1) is 8.43. The van der Waals surface area contributed by atoms with Crippen molar-refractivity contribution >= 4 is 23.9 Å². The normalized spacial score (nSPS) is 12.6. The average molecular weight is 151 g/mol. The lowest BCUT2D eigenvalue weighted by Gasteiger charge is -1.97. The minimum Gasteiger partial charge on any atom is -0.481 e. The minimum absolute atomic E-state index is 0.105. The number of aliphatic carboxylic acids is 1. The summed E-state index contributed by atoms with van der Waals surface area (Å²) in [6, 6.07) is 0. The van der Waals surface area contributed by atoms with E-state index in [1.54, 1.807) is 0 Å². The molecule has 0 amide bonds. The lowest BCUT2D eigenvalue weighted by atomic mass is 10.2. The Labute approximate surface area is 57.6 Å². The van der Waals surface area contributed by atoms with Gasteiger partial charge in [0.2, 0.25) is 0 Å². The maximum atomic E-state index is 9.88. The average Bonchev–Trinajstić information content (AvgIpc) is 1.63. The number of aldehydes is 1. The van der Waals surface area contributed by atoms with E-state index in [4.69, 9.17) is 16.7 Å². The first-order chi connectivity index (χ1) is 4.16. The summed E-state index contributed by atoms with van der Waals surface area (Å²) in [5, 5.41) is 7.55. The summed E-state index contributed by atoms with van der Waals surface area (Å²) < 4.78 is 0. The van der Waals surface area contributed by atoms with E-state index < -0.39 is 11.3 Å². The fourth-order valence-electron chi connectivity index (χ4n) is 0.377. The summed E-state index contributed by atoms with van der Waals surface area (Å²) in [4.78, 5) is 19.6. The maximum Gasteiger partial charge on any atom is 0.304 e. The molecule has 9 heavy (non-hydrogen) atoms. The van der Waals surface area contributed by atoms with Crippen LogP contribution in [0.5, 0.6) is 0 Å². The molecule has 0 rings (SSSR count). The van der Waals surface area contributed by atoms with Crippen molar-refractivity contribution in [2.24, 2.45) is 0 Å². The SMILES string of the molecule is O=CCC(Cl)CC(=O)O. The van der Waals surface area contributed by atoms with Crippen molar-refractivity contribution in [1.82, 2.24) is 0 Å². The van der Waals surface area contributed by atoms with Crippen LogP contribution in [-0.2, 0) is 9.59 Å². The summed E-state index contributed by atoms with van der Waals surface area (Å²) >= 11 is 5.36. The number of hydrogen-bond donors (Lipinski definition) is 1. The molecule has 4 heteroatoms. The van der Waals surface area contributed by atoms with Crippen molar-refractivity contribution in [1.29, 1.82) is 0 Å². The third kappa shape index (κ3) is 5.30. The molecule has 3 nitrogen and oxygen atoms in total. The van der Waals surface area contributed by atoms with Gasteiger partial charge >= 0.3 is 5.97 Å². The molecule has 0 saturated carbocycles.